The Labute approximate surface area is 186 Å². The van der Waals surface area contributed by atoms with E-state index in [1.807, 2.05) is 6.07 Å². The summed E-state index contributed by atoms with van der Waals surface area (Å²) in [5.74, 6) is -1.69. The van der Waals surface area contributed by atoms with Crippen LogP contribution in [0.25, 0.3) is 5.57 Å². The average Bonchev–Trinajstić information content (AvgIpc) is 3.23. The minimum absolute atomic E-state index is 0.0555. The maximum atomic E-state index is 13.6. The van der Waals surface area contributed by atoms with E-state index in [9.17, 15) is 22.4 Å². The number of nitrogens with zero attached hydrogens (tertiary/aromatic N) is 1. The molecule has 1 saturated carbocycles. The van der Waals surface area contributed by atoms with Crippen molar-refractivity contribution in [3.05, 3.63) is 58.8 Å². The SMILES string of the molecule is CCS(=O)(=O)NC1=CC=C(OC2CCC(F)(F)CC2)C(=C2C=C(C)N(O)c3[nH]ccc32)C1. The fraction of sp³-hybridized carbons (Fsp3) is 0.455. The minimum atomic E-state index is -3.46. The molecule has 0 unspecified atom stereocenters. The number of H-pyrrole nitrogens is 1. The number of rotatable bonds is 5. The standard InChI is InChI=1S/C22H27F2N3O4S/c1-3-32(29,30)26-15-4-5-20(31-16-6-9-22(23,24)10-7-16)19(13-15)18-12-14(2)27(28)21-17(18)8-11-25-21/h4-5,8,11-12,16,25-26,28H,3,6-7,9-10,13H2,1-2H3. The Kier molecular flexibility index (Phi) is 5.93. The van der Waals surface area contributed by atoms with E-state index in [0.29, 0.717) is 23.0 Å². The summed E-state index contributed by atoms with van der Waals surface area (Å²) in [6.45, 7) is 3.31. The van der Waals surface area contributed by atoms with Crippen molar-refractivity contribution in [2.75, 3.05) is 10.8 Å². The van der Waals surface area contributed by atoms with E-state index in [-0.39, 0.29) is 44.0 Å². The molecule has 0 aromatic carbocycles. The van der Waals surface area contributed by atoms with E-state index in [0.717, 1.165) is 21.8 Å². The van der Waals surface area contributed by atoms with Gasteiger partial charge in [-0.15, -0.1) is 0 Å². The molecule has 4 rings (SSSR count). The summed E-state index contributed by atoms with van der Waals surface area (Å²) in [4.78, 5) is 3.00. The van der Waals surface area contributed by atoms with Gasteiger partial charge in [0.1, 0.15) is 11.6 Å². The Morgan fingerprint density at radius 1 is 1.31 bits per heavy atom. The van der Waals surface area contributed by atoms with Gasteiger partial charge in [0.2, 0.25) is 15.9 Å². The lowest BCUT2D eigenvalue weighted by molar-refractivity contribution is -0.0682. The third-order valence-electron chi connectivity index (χ3n) is 5.96. The van der Waals surface area contributed by atoms with Gasteiger partial charge in [0.25, 0.3) is 0 Å². The van der Waals surface area contributed by atoms with Crippen molar-refractivity contribution in [2.45, 2.75) is 58.0 Å². The second-order valence-electron chi connectivity index (χ2n) is 8.31. The van der Waals surface area contributed by atoms with Crippen LogP contribution in [-0.2, 0) is 14.8 Å². The molecule has 0 amide bonds. The molecular weight excluding hydrogens is 440 g/mol. The smallest absolute Gasteiger partial charge is 0.248 e. The molecule has 0 atom stereocenters. The molecule has 0 bridgehead atoms. The molecule has 0 saturated heterocycles. The Morgan fingerprint density at radius 3 is 2.72 bits per heavy atom. The van der Waals surface area contributed by atoms with E-state index >= 15 is 0 Å². The number of allylic oxidation sites excluding steroid dienone is 7. The monoisotopic (exact) mass is 467 g/mol. The molecule has 3 aliphatic rings. The lowest BCUT2D eigenvalue weighted by Crippen LogP contribution is -2.30. The van der Waals surface area contributed by atoms with Crippen LogP contribution in [0.15, 0.2) is 53.2 Å². The molecule has 3 N–H and O–H groups in total. The van der Waals surface area contributed by atoms with Crippen molar-refractivity contribution < 1.29 is 27.1 Å². The molecule has 174 valence electrons. The third kappa shape index (κ3) is 4.61. The number of sulfonamides is 1. The highest BCUT2D eigenvalue weighted by Crippen LogP contribution is 2.42. The summed E-state index contributed by atoms with van der Waals surface area (Å²) in [6.07, 6.45) is 6.83. The number of hydrogen-bond acceptors (Lipinski definition) is 5. The molecule has 1 aliphatic heterocycles. The zero-order valence-electron chi connectivity index (χ0n) is 18.0. The number of hydrogen-bond donors (Lipinski definition) is 3. The normalized spacial score (nSPS) is 23.8. The van der Waals surface area contributed by atoms with Gasteiger partial charge < -0.3 is 9.72 Å². The number of halogens is 2. The Hall–Kier alpha value is -2.59. The second kappa shape index (κ2) is 8.40. The Morgan fingerprint density at radius 2 is 2.03 bits per heavy atom. The highest BCUT2D eigenvalue weighted by Gasteiger charge is 2.36. The van der Waals surface area contributed by atoms with Crippen LogP contribution in [-0.4, -0.2) is 36.4 Å². The Balaban J connectivity index is 1.72. The van der Waals surface area contributed by atoms with E-state index in [1.54, 1.807) is 38.3 Å². The van der Waals surface area contributed by atoms with Crippen molar-refractivity contribution in [1.29, 1.82) is 0 Å². The predicted molar refractivity (Wildman–Crippen MR) is 117 cm³/mol. The molecule has 2 heterocycles. The van der Waals surface area contributed by atoms with Crippen LogP contribution in [0.1, 0.15) is 51.5 Å². The van der Waals surface area contributed by atoms with Crippen LogP contribution in [0.2, 0.25) is 0 Å². The van der Waals surface area contributed by atoms with Gasteiger partial charge in [0, 0.05) is 48.0 Å². The van der Waals surface area contributed by atoms with Crippen LogP contribution in [0.5, 0.6) is 0 Å². The zero-order chi connectivity index (χ0) is 23.1. The van der Waals surface area contributed by atoms with Crippen LogP contribution in [0.3, 0.4) is 0 Å². The van der Waals surface area contributed by atoms with E-state index in [2.05, 4.69) is 9.71 Å². The first-order chi connectivity index (χ1) is 15.1. The first kappa shape index (κ1) is 22.6. The average molecular weight is 468 g/mol. The summed E-state index contributed by atoms with van der Waals surface area (Å²) in [5.41, 5.74) is 3.30. The topological polar surface area (TPSA) is 94.7 Å². The number of fused-ring (bicyclic) bond motifs is 1. The minimum Gasteiger partial charge on any atom is -0.490 e. The van der Waals surface area contributed by atoms with Crippen LogP contribution < -0.4 is 9.79 Å². The molecular formula is C22H27F2N3O4S. The van der Waals surface area contributed by atoms with E-state index in [4.69, 9.17) is 4.74 Å². The van der Waals surface area contributed by atoms with E-state index in [1.165, 1.54) is 0 Å². The van der Waals surface area contributed by atoms with Gasteiger partial charge in [0.05, 0.1) is 11.9 Å². The van der Waals surface area contributed by atoms with Crippen molar-refractivity contribution in [3.63, 3.8) is 0 Å². The largest absolute Gasteiger partial charge is 0.490 e. The number of nitrogens with one attached hydrogen (secondary N) is 2. The van der Waals surface area contributed by atoms with E-state index < -0.39 is 15.9 Å². The number of anilines is 1. The molecule has 0 spiro atoms. The lowest BCUT2D eigenvalue weighted by atomic mass is 9.90. The summed E-state index contributed by atoms with van der Waals surface area (Å²) in [5, 5.41) is 11.4. The molecule has 0 radical (unpaired) electrons. The summed E-state index contributed by atoms with van der Waals surface area (Å²) in [7, 11) is -3.46. The van der Waals surface area contributed by atoms with Crippen LogP contribution in [0.4, 0.5) is 14.6 Å². The molecule has 1 aromatic rings. The second-order valence-corrected chi connectivity index (χ2v) is 10.3. The van der Waals surface area contributed by atoms with Crippen molar-refractivity contribution in [1.82, 2.24) is 9.71 Å². The number of alkyl halides is 2. The molecule has 7 nitrogen and oxygen atoms in total. The van der Waals surface area contributed by atoms with Gasteiger partial charge in [-0.3, -0.25) is 9.93 Å². The fourth-order valence-corrected chi connectivity index (χ4v) is 4.82. The van der Waals surface area contributed by atoms with Crippen molar-refractivity contribution >= 4 is 21.4 Å². The van der Waals surface area contributed by atoms with Crippen molar-refractivity contribution in [3.8, 4) is 0 Å². The quantitative estimate of drug-likeness (QED) is 0.589. The zero-order valence-corrected chi connectivity index (χ0v) is 18.8. The summed E-state index contributed by atoms with van der Waals surface area (Å²) >= 11 is 0. The maximum Gasteiger partial charge on any atom is 0.248 e. The maximum absolute atomic E-state index is 13.6. The summed E-state index contributed by atoms with van der Waals surface area (Å²) < 4.78 is 60.2. The molecule has 1 aromatic heterocycles. The van der Waals surface area contributed by atoms with Crippen molar-refractivity contribution in [2.24, 2.45) is 0 Å². The number of ether oxygens (including phenoxy) is 1. The number of aromatic nitrogens is 1. The van der Waals surface area contributed by atoms with Gasteiger partial charge in [-0.25, -0.2) is 22.3 Å². The van der Waals surface area contributed by atoms with Crippen LogP contribution >= 0.6 is 0 Å². The molecule has 2 aliphatic carbocycles. The first-order valence-corrected chi connectivity index (χ1v) is 12.3. The van der Waals surface area contributed by atoms with Gasteiger partial charge in [-0.05, 0) is 56.6 Å². The van der Waals surface area contributed by atoms with Gasteiger partial charge in [-0.2, -0.15) is 0 Å². The number of hydroxylamine groups is 1. The fourth-order valence-electron chi connectivity index (χ4n) is 4.13. The lowest BCUT2D eigenvalue weighted by Gasteiger charge is -2.32. The van der Waals surface area contributed by atoms with Crippen LogP contribution in [0, 0.1) is 0 Å². The highest BCUT2D eigenvalue weighted by molar-refractivity contribution is 7.89. The molecule has 10 heteroatoms. The first-order valence-electron chi connectivity index (χ1n) is 10.6. The molecule has 32 heavy (non-hydrogen) atoms. The third-order valence-corrected chi connectivity index (χ3v) is 7.30. The van der Waals surface area contributed by atoms with Gasteiger partial charge >= 0.3 is 0 Å². The number of aromatic amines is 1. The highest BCUT2D eigenvalue weighted by atomic mass is 32.2. The molecule has 1 fully saturated rings. The summed E-state index contributed by atoms with van der Waals surface area (Å²) in [6, 6.07) is 1.82. The predicted octanol–water partition coefficient (Wildman–Crippen LogP) is 4.59. The Bertz CT molecular complexity index is 1120. The van der Waals surface area contributed by atoms with Gasteiger partial charge in [-0.1, -0.05) is 0 Å². The van der Waals surface area contributed by atoms with Gasteiger partial charge in [0.15, 0.2) is 0 Å².